The molecule has 0 saturated carbocycles. The van der Waals surface area contributed by atoms with Crippen LogP contribution in [-0.4, -0.2) is 39.3 Å². The normalized spacial score (nSPS) is 12.1. The van der Waals surface area contributed by atoms with Gasteiger partial charge in [0.15, 0.2) is 0 Å². The van der Waals surface area contributed by atoms with E-state index in [1.165, 1.54) is 12.1 Å². The molecule has 0 bridgehead atoms. The van der Waals surface area contributed by atoms with E-state index in [0.717, 1.165) is 66.2 Å². The lowest BCUT2D eigenvalue weighted by Crippen LogP contribution is -2.23. The van der Waals surface area contributed by atoms with E-state index in [4.69, 9.17) is 18.0 Å². The molecule has 1 amide bonds. The first-order valence-corrected chi connectivity index (χ1v) is 18.0. The third-order valence-corrected chi connectivity index (χ3v) is 9.73. The number of halogens is 2. The lowest BCUT2D eigenvalue weighted by Gasteiger charge is -2.16. The molecule has 2 aromatic heterocycles. The number of allylic oxidation sites excluding steroid dienone is 1. The standard InChI is InChI=1S/C41H45ClFN3O4/c1-4-5-6-9-18-34(48)44-21-10-7-8-15-29(47)16-11-14-27-24-45-33-23-28(43)22-31(36(27)33)39-35(25(2)3)38(40(46-39)41(49)50)37-30-17-12-13-26(30)19-20-32(37)42/h1,12,17,19-20,22-25,45-46H,5-11,13-16,18,21H2,2-3H3,(H,44,48)(H,49,50). The van der Waals surface area contributed by atoms with Crippen molar-refractivity contribution in [3.8, 4) is 34.7 Å². The van der Waals surface area contributed by atoms with E-state index in [2.05, 4.69) is 21.2 Å². The van der Waals surface area contributed by atoms with E-state index in [9.17, 15) is 19.5 Å². The second-order valence-corrected chi connectivity index (χ2v) is 13.8. The number of fused-ring (bicyclic) bond motifs is 2. The van der Waals surface area contributed by atoms with Gasteiger partial charge in [0.1, 0.15) is 17.3 Å². The number of carboxylic acids is 1. The van der Waals surface area contributed by atoms with Crippen LogP contribution in [-0.2, 0) is 22.4 Å². The molecule has 262 valence electrons. The molecule has 2 heterocycles. The Kier molecular flexibility index (Phi) is 12.4. The van der Waals surface area contributed by atoms with Gasteiger partial charge >= 0.3 is 5.97 Å². The average Bonchev–Trinajstić information content (AvgIpc) is 3.82. The first-order chi connectivity index (χ1) is 24.1. The van der Waals surface area contributed by atoms with Gasteiger partial charge in [-0.1, -0.05) is 50.1 Å². The number of hydrogen-bond donors (Lipinski definition) is 4. The molecule has 0 radical (unpaired) electrons. The number of unbranched alkanes of at least 4 members (excludes halogenated alkanes) is 4. The summed E-state index contributed by atoms with van der Waals surface area (Å²) in [4.78, 5) is 43.8. The number of amides is 1. The van der Waals surface area contributed by atoms with Crippen molar-refractivity contribution in [2.75, 3.05) is 6.54 Å². The number of nitrogens with one attached hydrogen (secondary N) is 3. The number of ketones is 1. The van der Waals surface area contributed by atoms with Crippen LogP contribution in [0, 0.1) is 18.2 Å². The van der Waals surface area contributed by atoms with Crippen molar-refractivity contribution in [1.29, 1.82) is 0 Å². The smallest absolute Gasteiger partial charge is 0.352 e. The number of hydrogen-bond acceptors (Lipinski definition) is 3. The topological polar surface area (TPSA) is 115 Å². The molecule has 9 heteroatoms. The molecule has 0 unspecified atom stereocenters. The van der Waals surface area contributed by atoms with E-state index >= 15 is 4.39 Å². The Bertz CT molecular complexity index is 1960. The third-order valence-electron chi connectivity index (χ3n) is 9.41. The molecular formula is C41H45ClFN3O4. The molecule has 1 aliphatic rings. The van der Waals surface area contributed by atoms with Crippen LogP contribution in [0.25, 0.3) is 39.4 Å². The number of aromatic amines is 2. The number of carbonyl (C=O) groups is 3. The minimum Gasteiger partial charge on any atom is -0.477 e. The van der Waals surface area contributed by atoms with Crippen molar-refractivity contribution in [3.63, 3.8) is 0 Å². The van der Waals surface area contributed by atoms with Crippen molar-refractivity contribution >= 4 is 46.2 Å². The highest BCUT2D eigenvalue weighted by atomic mass is 35.5. The number of benzene rings is 2. The Morgan fingerprint density at radius 3 is 2.58 bits per heavy atom. The SMILES string of the molecule is C#CCCCCC(=O)NCCCCCC(=O)CCCc1c[nH]c2cc(F)cc(-c3[nH]c(C(=O)O)c(-c4c(Cl)ccc5c4C=CC5)c3C(C)C)c12. The van der Waals surface area contributed by atoms with Gasteiger partial charge < -0.3 is 20.4 Å². The van der Waals surface area contributed by atoms with E-state index < -0.39 is 11.8 Å². The molecule has 50 heavy (non-hydrogen) atoms. The summed E-state index contributed by atoms with van der Waals surface area (Å²) < 4.78 is 15.2. The van der Waals surface area contributed by atoms with Crippen LogP contribution in [0.5, 0.6) is 0 Å². The maximum atomic E-state index is 15.2. The fourth-order valence-electron chi connectivity index (χ4n) is 7.04. The van der Waals surface area contributed by atoms with Gasteiger partial charge in [-0.3, -0.25) is 9.59 Å². The lowest BCUT2D eigenvalue weighted by molar-refractivity contribution is -0.121. The van der Waals surface area contributed by atoms with Crippen LogP contribution >= 0.6 is 11.6 Å². The number of Topliss-reactive ketones (excluding diaryl/α,β-unsaturated/α-hetero) is 1. The second-order valence-electron chi connectivity index (χ2n) is 13.4. The molecule has 1 aliphatic carbocycles. The Labute approximate surface area is 298 Å². The van der Waals surface area contributed by atoms with Gasteiger partial charge in [-0.2, -0.15) is 0 Å². The van der Waals surface area contributed by atoms with Crippen LogP contribution < -0.4 is 5.32 Å². The quantitative estimate of drug-likeness (QED) is 0.0612. The maximum Gasteiger partial charge on any atom is 0.352 e. The van der Waals surface area contributed by atoms with E-state index in [-0.39, 0.29) is 23.3 Å². The van der Waals surface area contributed by atoms with Crippen LogP contribution in [0.3, 0.4) is 0 Å². The highest BCUT2D eigenvalue weighted by Gasteiger charge is 2.30. The van der Waals surface area contributed by atoms with Gasteiger partial charge in [-0.15, -0.1) is 12.3 Å². The van der Waals surface area contributed by atoms with Gasteiger partial charge in [0.05, 0.1) is 5.69 Å². The number of H-pyrrole nitrogens is 2. The average molecular weight is 698 g/mol. The number of aromatic nitrogens is 2. The number of carbonyl (C=O) groups excluding carboxylic acids is 2. The minimum atomic E-state index is -1.12. The molecular weight excluding hydrogens is 653 g/mol. The van der Waals surface area contributed by atoms with E-state index in [1.54, 1.807) is 0 Å². The molecule has 0 aliphatic heterocycles. The number of aryl methyl sites for hydroxylation is 1. The van der Waals surface area contributed by atoms with Gasteiger partial charge in [0.2, 0.25) is 5.91 Å². The summed E-state index contributed by atoms with van der Waals surface area (Å²) in [5.41, 5.74) is 6.58. The number of aromatic carboxylic acids is 1. The Morgan fingerprint density at radius 1 is 1.04 bits per heavy atom. The highest BCUT2D eigenvalue weighted by Crippen LogP contribution is 2.47. The zero-order chi connectivity index (χ0) is 35.8. The molecule has 0 spiro atoms. The highest BCUT2D eigenvalue weighted by molar-refractivity contribution is 6.34. The van der Waals surface area contributed by atoms with Gasteiger partial charge in [-0.05, 0) is 91.3 Å². The monoisotopic (exact) mass is 697 g/mol. The fourth-order valence-corrected chi connectivity index (χ4v) is 7.30. The van der Waals surface area contributed by atoms with Crippen molar-refractivity contribution < 1.29 is 23.9 Å². The summed E-state index contributed by atoms with van der Waals surface area (Å²) in [7, 11) is 0. The maximum absolute atomic E-state index is 15.2. The summed E-state index contributed by atoms with van der Waals surface area (Å²) in [5, 5.41) is 14.6. The number of rotatable bonds is 18. The predicted molar refractivity (Wildman–Crippen MR) is 199 cm³/mol. The van der Waals surface area contributed by atoms with E-state index in [0.29, 0.717) is 78.0 Å². The van der Waals surface area contributed by atoms with Crippen molar-refractivity contribution in [2.24, 2.45) is 0 Å². The van der Waals surface area contributed by atoms with Crippen molar-refractivity contribution in [2.45, 2.75) is 96.8 Å². The van der Waals surface area contributed by atoms with Crippen LogP contribution in [0.2, 0.25) is 5.02 Å². The van der Waals surface area contributed by atoms with Crippen LogP contribution in [0.15, 0.2) is 36.5 Å². The summed E-state index contributed by atoms with van der Waals surface area (Å²) in [6.45, 7) is 4.60. The summed E-state index contributed by atoms with van der Waals surface area (Å²) in [5.74, 6) is 1.12. The number of terminal acetylenes is 1. The predicted octanol–water partition coefficient (Wildman–Crippen LogP) is 9.78. The zero-order valence-corrected chi connectivity index (χ0v) is 29.6. The van der Waals surface area contributed by atoms with Crippen molar-refractivity contribution in [1.82, 2.24) is 15.3 Å². The fraction of sp³-hybridized carbons (Fsp3) is 0.390. The second kappa shape index (κ2) is 16.9. The summed E-state index contributed by atoms with van der Waals surface area (Å²) in [6.07, 6.45) is 19.3. The molecule has 4 N–H and O–H groups in total. The Hall–Kier alpha value is -4.61. The molecule has 0 fully saturated rings. The van der Waals surface area contributed by atoms with Gasteiger partial charge in [0, 0.05) is 71.0 Å². The minimum absolute atomic E-state index is 0.0119. The zero-order valence-electron chi connectivity index (χ0n) is 28.8. The van der Waals surface area contributed by atoms with Crippen LogP contribution in [0.1, 0.15) is 117 Å². The van der Waals surface area contributed by atoms with Crippen LogP contribution in [0.4, 0.5) is 4.39 Å². The summed E-state index contributed by atoms with van der Waals surface area (Å²) in [6, 6.07) is 6.67. The molecule has 0 saturated heterocycles. The van der Waals surface area contributed by atoms with Crippen molar-refractivity contribution in [3.05, 3.63) is 75.3 Å². The first kappa shape index (κ1) is 36.7. The van der Waals surface area contributed by atoms with E-state index in [1.807, 2.05) is 44.3 Å². The molecule has 2 aromatic carbocycles. The Morgan fingerprint density at radius 2 is 1.82 bits per heavy atom. The molecule has 0 atom stereocenters. The van der Waals surface area contributed by atoms with Gasteiger partial charge in [0.25, 0.3) is 0 Å². The first-order valence-electron chi connectivity index (χ1n) is 17.6. The number of carboxylic acid groups (broad SMARTS) is 1. The Balaban J connectivity index is 1.30. The summed E-state index contributed by atoms with van der Waals surface area (Å²) >= 11 is 6.80. The largest absolute Gasteiger partial charge is 0.477 e. The third kappa shape index (κ3) is 8.39. The molecule has 5 rings (SSSR count). The lowest BCUT2D eigenvalue weighted by atomic mass is 9.87. The van der Waals surface area contributed by atoms with Gasteiger partial charge in [-0.25, -0.2) is 9.18 Å². The molecule has 7 nitrogen and oxygen atoms in total. The molecule has 4 aromatic rings.